The number of rotatable bonds is 5. The van der Waals surface area contributed by atoms with Gasteiger partial charge in [0.2, 0.25) is 0 Å². The SMILES string of the molecule is Cc1[nH]c([C@H](Nc2ncc(F)cc2F)c2ccc(F)c(Cl)c2)nc1S(C)(=N)=O. The Morgan fingerprint density at radius 3 is 2.54 bits per heavy atom. The summed E-state index contributed by atoms with van der Waals surface area (Å²) < 4.78 is 60.7. The van der Waals surface area contributed by atoms with Crippen molar-refractivity contribution in [2.75, 3.05) is 11.6 Å². The topological polar surface area (TPSA) is 94.5 Å². The molecule has 0 aliphatic rings. The largest absolute Gasteiger partial charge is 0.354 e. The molecule has 0 aliphatic carbocycles. The minimum Gasteiger partial charge on any atom is -0.354 e. The number of aryl methyl sites for hydroxylation is 1. The molecule has 0 aliphatic heterocycles. The quantitative estimate of drug-likeness (QED) is 0.559. The number of benzene rings is 1. The van der Waals surface area contributed by atoms with E-state index >= 15 is 0 Å². The third-order valence-corrected chi connectivity index (χ3v) is 5.29. The number of hydrogen-bond acceptors (Lipinski definition) is 5. The fourth-order valence-corrected chi connectivity index (χ4v) is 3.74. The molecule has 0 fully saturated rings. The molecule has 3 aromatic rings. The molecule has 11 heteroatoms. The number of aromatic nitrogens is 3. The van der Waals surface area contributed by atoms with E-state index in [1.807, 2.05) is 0 Å². The summed E-state index contributed by atoms with van der Waals surface area (Å²) in [5.74, 6) is -2.52. The molecule has 1 unspecified atom stereocenters. The van der Waals surface area contributed by atoms with E-state index in [0.717, 1.165) is 12.3 Å². The van der Waals surface area contributed by atoms with Gasteiger partial charge in [0.25, 0.3) is 0 Å². The van der Waals surface area contributed by atoms with Crippen LogP contribution in [0.25, 0.3) is 0 Å². The van der Waals surface area contributed by atoms with E-state index in [1.54, 1.807) is 6.92 Å². The summed E-state index contributed by atoms with van der Waals surface area (Å²) in [4.78, 5) is 10.8. The van der Waals surface area contributed by atoms with Crippen molar-refractivity contribution in [1.82, 2.24) is 15.0 Å². The van der Waals surface area contributed by atoms with Crippen LogP contribution >= 0.6 is 11.6 Å². The minimum absolute atomic E-state index is 0.0371. The fourth-order valence-electron chi connectivity index (χ4n) is 2.64. The van der Waals surface area contributed by atoms with Crippen molar-refractivity contribution in [3.63, 3.8) is 0 Å². The van der Waals surface area contributed by atoms with Gasteiger partial charge in [-0.2, -0.15) is 0 Å². The van der Waals surface area contributed by atoms with Crippen LogP contribution in [0.2, 0.25) is 5.02 Å². The predicted molar refractivity (Wildman–Crippen MR) is 99.4 cm³/mol. The number of aromatic amines is 1. The van der Waals surface area contributed by atoms with Gasteiger partial charge in [-0.25, -0.2) is 32.1 Å². The summed E-state index contributed by atoms with van der Waals surface area (Å²) in [6.07, 6.45) is 2.06. The maximum absolute atomic E-state index is 14.1. The molecular weight excluding hydrogens is 415 g/mol. The first kappa shape index (κ1) is 20.2. The molecule has 6 nitrogen and oxygen atoms in total. The number of halogens is 4. The Kier molecular flexibility index (Phi) is 5.35. The maximum Gasteiger partial charge on any atom is 0.168 e. The highest BCUT2D eigenvalue weighted by Crippen LogP contribution is 2.29. The van der Waals surface area contributed by atoms with Gasteiger partial charge in [-0.15, -0.1) is 0 Å². The standard InChI is InChI=1S/C17H15ClF3N5OS/c1-8-17(28(2,22)27)26-16(24-8)14(9-3-4-12(20)11(18)5-9)25-15-13(21)6-10(19)7-23-15/h3-7,14,22H,1-2H3,(H,23,25)(H,24,26)/t14-,28?/m1/s1. The summed E-state index contributed by atoms with van der Waals surface area (Å²) in [5.41, 5.74) is 0.787. The van der Waals surface area contributed by atoms with E-state index in [-0.39, 0.29) is 21.7 Å². The lowest BCUT2D eigenvalue weighted by Crippen LogP contribution is -2.16. The van der Waals surface area contributed by atoms with Crippen LogP contribution in [-0.4, -0.2) is 25.4 Å². The Bertz CT molecular complexity index is 1150. The van der Waals surface area contributed by atoms with Crippen LogP contribution in [0, 0.1) is 29.2 Å². The van der Waals surface area contributed by atoms with E-state index < -0.39 is 33.2 Å². The van der Waals surface area contributed by atoms with Crippen LogP contribution in [0.5, 0.6) is 0 Å². The van der Waals surface area contributed by atoms with Gasteiger partial charge in [0.05, 0.1) is 20.9 Å². The van der Waals surface area contributed by atoms with Gasteiger partial charge >= 0.3 is 0 Å². The van der Waals surface area contributed by atoms with Crippen molar-refractivity contribution in [1.29, 1.82) is 4.78 Å². The average Bonchev–Trinajstić information content (AvgIpc) is 2.99. The van der Waals surface area contributed by atoms with Crippen molar-refractivity contribution in [2.45, 2.75) is 18.0 Å². The van der Waals surface area contributed by atoms with Crippen LogP contribution in [0.3, 0.4) is 0 Å². The minimum atomic E-state index is -3.13. The van der Waals surface area contributed by atoms with Crippen molar-refractivity contribution in [3.05, 3.63) is 70.0 Å². The fraction of sp³-hybridized carbons (Fsp3) is 0.176. The zero-order chi connectivity index (χ0) is 20.6. The highest BCUT2D eigenvalue weighted by atomic mass is 35.5. The predicted octanol–water partition coefficient (Wildman–Crippen LogP) is 4.42. The van der Waals surface area contributed by atoms with Crippen molar-refractivity contribution >= 4 is 27.1 Å². The van der Waals surface area contributed by atoms with Crippen LogP contribution in [-0.2, 0) is 9.73 Å². The number of anilines is 1. The van der Waals surface area contributed by atoms with Crippen LogP contribution < -0.4 is 5.32 Å². The lowest BCUT2D eigenvalue weighted by molar-refractivity contribution is 0.574. The zero-order valence-corrected chi connectivity index (χ0v) is 16.3. The number of nitrogens with zero attached hydrogens (tertiary/aromatic N) is 2. The number of pyridine rings is 1. The van der Waals surface area contributed by atoms with Crippen LogP contribution in [0.4, 0.5) is 19.0 Å². The van der Waals surface area contributed by atoms with Gasteiger partial charge in [-0.3, -0.25) is 0 Å². The van der Waals surface area contributed by atoms with E-state index in [1.165, 1.54) is 18.4 Å². The Morgan fingerprint density at radius 1 is 1.25 bits per heavy atom. The first-order valence-corrected chi connectivity index (χ1v) is 10.2. The second-order valence-electron chi connectivity index (χ2n) is 6.13. The number of H-pyrrole nitrogens is 1. The van der Waals surface area contributed by atoms with E-state index in [9.17, 15) is 17.4 Å². The first-order valence-electron chi connectivity index (χ1n) is 7.89. The van der Waals surface area contributed by atoms with Crippen molar-refractivity contribution in [2.24, 2.45) is 0 Å². The second kappa shape index (κ2) is 7.44. The van der Waals surface area contributed by atoms with Crippen LogP contribution in [0.15, 0.2) is 35.5 Å². The zero-order valence-electron chi connectivity index (χ0n) is 14.7. The normalized spacial score (nSPS) is 14.5. The Morgan fingerprint density at radius 2 is 1.96 bits per heavy atom. The third kappa shape index (κ3) is 4.12. The summed E-state index contributed by atoms with van der Waals surface area (Å²) in [5, 5.41) is 2.63. The summed E-state index contributed by atoms with van der Waals surface area (Å²) in [6.45, 7) is 1.59. The van der Waals surface area contributed by atoms with Gasteiger partial charge in [0, 0.05) is 18.0 Å². The molecule has 1 aromatic carbocycles. The molecule has 28 heavy (non-hydrogen) atoms. The molecule has 0 amide bonds. The second-order valence-corrected chi connectivity index (χ2v) is 8.61. The molecule has 2 aromatic heterocycles. The highest BCUT2D eigenvalue weighted by Gasteiger charge is 2.24. The number of imidazole rings is 1. The molecule has 2 heterocycles. The molecule has 148 valence electrons. The van der Waals surface area contributed by atoms with Crippen molar-refractivity contribution < 1.29 is 17.4 Å². The lowest BCUT2D eigenvalue weighted by Gasteiger charge is -2.18. The van der Waals surface area contributed by atoms with E-state index in [2.05, 4.69) is 20.3 Å². The summed E-state index contributed by atoms with van der Waals surface area (Å²) in [6, 6.07) is 3.59. The van der Waals surface area contributed by atoms with Gasteiger partial charge in [-0.05, 0) is 24.6 Å². The molecule has 3 rings (SSSR count). The lowest BCUT2D eigenvalue weighted by atomic mass is 10.1. The van der Waals surface area contributed by atoms with Gasteiger partial charge in [0.1, 0.15) is 23.5 Å². The van der Waals surface area contributed by atoms with Crippen molar-refractivity contribution in [3.8, 4) is 0 Å². The van der Waals surface area contributed by atoms with Crippen LogP contribution in [0.1, 0.15) is 23.1 Å². The molecule has 0 spiro atoms. The van der Waals surface area contributed by atoms with Gasteiger partial charge < -0.3 is 10.3 Å². The molecular formula is C17H15ClF3N5OS. The Hall–Kier alpha value is -2.59. The third-order valence-electron chi connectivity index (χ3n) is 3.87. The molecule has 0 radical (unpaired) electrons. The Labute approximate surface area is 164 Å². The number of hydrogen-bond donors (Lipinski definition) is 3. The highest BCUT2D eigenvalue weighted by molar-refractivity contribution is 7.91. The molecule has 0 bridgehead atoms. The monoisotopic (exact) mass is 429 g/mol. The molecule has 0 saturated heterocycles. The van der Waals surface area contributed by atoms with E-state index in [0.29, 0.717) is 17.3 Å². The van der Waals surface area contributed by atoms with Gasteiger partial charge in [0.15, 0.2) is 16.7 Å². The molecule has 2 atom stereocenters. The maximum atomic E-state index is 14.1. The summed E-state index contributed by atoms with van der Waals surface area (Å²) in [7, 11) is -3.13. The molecule has 0 saturated carbocycles. The van der Waals surface area contributed by atoms with E-state index in [4.69, 9.17) is 16.4 Å². The Balaban J connectivity index is 2.13. The van der Waals surface area contributed by atoms with Gasteiger partial charge in [-0.1, -0.05) is 17.7 Å². The first-order chi connectivity index (χ1) is 13.1. The smallest absolute Gasteiger partial charge is 0.168 e. The number of nitrogens with one attached hydrogen (secondary N) is 3. The summed E-state index contributed by atoms with van der Waals surface area (Å²) >= 11 is 5.86. The average molecular weight is 430 g/mol. The molecule has 3 N–H and O–H groups in total.